The van der Waals surface area contributed by atoms with Gasteiger partial charge in [0.2, 0.25) is 11.8 Å². The van der Waals surface area contributed by atoms with Crippen LogP contribution in [-0.4, -0.2) is 114 Å². The molecule has 266 valence electrons. The fourth-order valence-corrected chi connectivity index (χ4v) is 7.92. The highest BCUT2D eigenvalue weighted by Crippen LogP contribution is 2.30. The molecule has 5 atom stereocenters. The Morgan fingerprint density at radius 2 is 1.85 bits per heavy atom. The van der Waals surface area contributed by atoms with Crippen LogP contribution in [0.4, 0.5) is 0 Å². The maximum atomic E-state index is 14.0. The van der Waals surface area contributed by atoms with Crippen LogP contribution in [0.25, 0.3) is 0 Å². The van der Waals surface area contributed by atoms with E-state index in [1.807, 2.05) is 32.6 Å². The predicted molar refractivity (Wildman–Crippen MR) is 180 cm³/mol. The first-order valence-electron chi connectivity index (χ1n) is 16.6. The Kier molecular flexibility index (Phi) is 14.3. The van der Waals surface area contributed by atoms with Gasteiger partial charge in [0, 0.05) is 32.0 Å². The summed E-state index contributed by atoms with van der Waals surface area (Å²) in [6, 6.07) is -1.44. The highest BCUT2D eigenvalue weighted by Gasteiger charge is 2.50. The van der Waals surface area contributed by atoms with E-state index in [2.05, 4.69) is 10.3 Å². The fraction of sp³-hybridized carbons (Fsp3) is 0.618. The molecule has 1 unspecified atom stereocenters. The second kappa shape index (κ2) is 17.7. The van der Waals surface area contributed by atoms with Crippen LogP contribution in [0.15, 0.2) is 46.6 Å². The van der Waals surface area contributed by atoms with E-state index in [0.29, 0.717) is 18.7 Å². The van der Waals surface area contributed by atoms with Gasteiger partial charge in [-0.1, -0.05) is 64.5 Å². The fourth-order valence-electron chi connectivity index (χ4n) is 5.99. The van der Waals surface area contributed by atoms with Gasteiger partial charge in [-0.3, -0.25) is 14.4 Å². The Morgan fingerprint density at radius 3 is 2.52 bits per heavy atom. The van der Waals surface area contributed by atoms with E-state index in [9.17, 15) is 32.7 Å². The van der Waals surface area contributed by atoms with Gasteiger partial charge in [0.25, 0.3) is 5.91 Å². The molecule has 2 N–H and O–H groups in total. The van der Waals surface area contributed by atoms with Gasteiger partial charge in [0.05, 0.1) is 23.5 Å². The van der Waals surface area contributed by atoms with Crippen molar-refractivity contribution in [2.75, 3.05) is 38.5 Å². The number of cyclic esters (lactones) is 1. The number of carbonyl (C=O) groups excluding carboxylic acids is 4. The summed E-state index contributed by atoms with van der Waals surface area (Å²) in [5, 5.41) is 11.9. The lowest BCUT2D eigenvalue weighted by molar-refractivity contribution is -0.157. The molecule has 0 aliphatic carbocycles. The molecule has 3 rings (SSSR count). The van der Waals surface area contributed by atoms with Gasteiger partial charge in [-0.05, 0) is 38.4 Å². The highest BCUT2D eigenvalue weighted by atomic mass is 32.2. The zero-order valence-corrected chi connectivity index (χ0v) is 29.6. The summed E-state index contributed by atoms with van der Waals surface area (Å²) in [5.41, 5.74) is 0.505. The average molecular weight is 691 g/mol. The summed E-state index contributed by atoms with van der Waals surface area (Å²) in [6.45, 7) is 12.9. The number of aromatic nitrogens is 1. The quantitative estimate of drug-likeness (QED) is 0.402. The molecular formula is C34H50N4O9S. The second-order valence-corrected chi connectivity index (χ2v) is 15.0. The van der Waals surface area contributed by atoms with E-state index in [1.165, 1.54) is 12.2 Å². The maximum absolute atomic E-state index is 14.0. The van der Waals surface area contributed by atoms with Gasteiger partial charge in [-0.2, -0.15) is 0 Å². The molecule has 1 aromatic rings. The normalized spacial score (nSPS) is 28.1. The first-order chi connectivity index (χ1) is 22.7. The Labute approximate surface area is 283 Å². The number of nitrogens with one attached hydrogen (secondary N) is 1. The number of ether oxygens (including phenoxy) is 1. The van der Waals surface area contributed by atoms with Crippen LogP contribution in [0.1, 0.15) is 70.8 Å². The molecule has 0 saturated carbocycles. The number of aliphatic hydroxyl groups excluding tert-OH is 1. The van der Waals surface area contributed by atoms with Crippen LogP contribution >= 0.6 is 0 Å². The minimum Gasteiger partial charge on any atom is -0.460 e. The Balaban J connectivity index is 2.00. The lowest BCUT2D eigenvalue weighted by Crippen LogP contribution is -2.50. The predicted octanol–water partition coefficient (Wildman–Crippen LogP) is 2.27. The van der Waals surface area contributed by atoms with E-state index in [1.54, 1.807) is 32.1 Å². The van der Waals surface area contributed by atoms with Gasteiger partial charge in [-0.25, -0.2) is 18.2 Å². The van der Waals surface area contributed by atoms with Crippen molar-refractivity contribution in [1.29, 1.82) is 0 Å². The van der Waals surface area contributed by atoms with E-state index in [4.69, 9.17) is 9.15 Å². The van der Waals surface area contributed by atoms with Gasteiger partial charge < -0.3 is 29.4 Å². The number of esters is 1. The zero-order chi connectivity index (χ0) is 35.6. The third-order valence-corrected chi connectivity index (χ3v) is 10.8. The SMILES string of the molecule is CCN(CC)CCS(=O)(=O)[C@@H]1CCN2C(=O)c3coc(n3)CC(=O)C[C@H](O)/C=C(C)\C=C/CNC(=O)/C=C\[C@@H](C)[C@@H](C(C)C)OC(=O)C12. The van der Waals surface area contributed by atoms with Crippen LogP contribution < -0.4 is 5.32 Å². The smallest absolute Gasteiger partial charge is 0.330 e. The highest BCUT2D eigenvalue weighted by molar-refractivity contribution is 7.92. The summed E-state index contributed by atoms with van der Waals surface area (Å²) >= 11 is 0. The molecule has 0 spiro atoms. The molecule has 1 aromatic heterocycles. The van der Waals surface area contributed by atoms with Crippen molar-refractivity contribution >= 4 is 33.4 Å². The zero-order valence-electron chi connectivity index (χ0n) is 28.8. The number of aliphatic hydroxyl groups is 1. The molecule has 2 aliphatic heterocycles. The molecule has 2 amide bonds. The number of nitrogens with zero attached hydrogens (tertiary/aromatic N) is 3. The molecule has 13 nitrogen and oxygen atoms in total. The monoisotopic (exact) mass is 690 g/mol. The van der Waals surface area contributed by atoms with Crippen LogP contribution in [0.3, 0.4) is 0 Å². The van der Waals surface area contributed by atoms with Crippen LogP contribution in [-0.2, 0) is 35.4 Å². The Morgan fingerprint density at radius 1 is 1.15 bits per heavy atom. The van der Waals surface area contributed by atoms with Crippen molar-refractivity contribution in [3.8, 4) is 0 Å². The molecule has 1 fully saturated rings. The largest absolute Gasteiger partial charge is 0.460 e. The number of rotatable bonds is 7. The Hall–Kier alpha value is -3.62. The van der Waals surface area contributed by atoms with Crippen molar-refractivity contribution in [3.63, 3.8) is 0 Å². The third-order valence-electron chi connectivity index (χ3n) is 8.66. The van der Waals surface area contributed by atoms with Gasteiger partial charge >= 0.3 is 5.97 Å². The summed E-state index contributed by atoms with van der Waals surface area (Å²) in [5.74, 6) is -3.23. The minimum absolute atomic E-state index is 0.0243. The van der Waals surface area contributed by atoms with E-state index < -0.39 is 51.1 Å². The minimum atomic E-state index is -3.87. The number of hydrogen-bond acceptors (Lipinski definition) is 11. The summed E-state index contributed by atoms with van der Waals surface area (Å²) < 4.78 is 38.9. The van der Waals surface area contributed by atoms with Gasteiger partial charge in [-0.15, -0.1) is 0 Å². The van der Waals surface area contributed by atoms with Crippen molar-refractivity contribution in [1.82, 2.24) is 20.1 Å². The number of sulfone groups is 1. The average Bonchev–Trinajstić information content (AvgIpc) is 3.68. The molecule has 2 bridgehead atoms. The number of oxazole rings is 1. The van der Waals surface area contributed by atoms with Crippen LogP contribution in [0, 0.1) is 11.8 Å². The molecule has 48 heavy (non-hydrogen) atoms. The van der Waals surface area contributed by atoms with E-state index in [-0.39, 0.29) is 73.8 Å². The number of fused-ring (bicyclic) bond motifs is 3. The lowest BCUT2D eigenvalue weighted by atomic mass is 9.94. The number of hydrogen-bond donors (Lipinski definition) is 2. The standard InChI is InChI=1S/C34H50N4O9S/c1-7-37(8-2)16-17-48(44,45)28-13-15-38-31(28)34(43)47-32(22(3)4)24(6)11-12-29(41)35-14-9-10-23(5)18-25(39)19-26(40)20-30-36-27(21-46-30)33(38)42/h9-12,18,21-22,24-25,28,31-32,39H,7-8,13-17,19-20H2,1-6H3,(H,35,41)/b10-9-,12-11-,23-18-/t24-,25-,28-,31?,32-/m1/s1. The molecule has 3 heterocycles. The molecular weight excluding hydrogens is 640 g/mol. The van der Waals surface area contributed by atoms with Crippen LogP contribution in [0.2, 0.25) is 0 Å². The van der Waals surface area contributed by atoms with Crippen LogP contribution in [0.5, 0.6) is 0 Å². The molecule has 0 radical (unpaired) electrons. The van der Waals surface area contributed by atoms with Crippen molar-refractivity contribution in [3.05, 3.63) is 53.8 Å². The first kappa shape index (κ1) is 38.8. The summed E-state index contributed by atoms with van der Waals surface area (Å²) in [6.07, 6.45) is 6.68. The molecule has 2 aliphatic rings. The number of ketones is 1. The summed E-state index contributed by atoms with van der Waals surface area (Å²) in [4.78, 5) is 60.3. The van der Waals surface area contributed by atoms with Crippen molar-refractivity contribution in [2.24, 2.45) is 11.8 Å². The second-order valence-electron chi connectivity index (χ2n) is 12.7. The third kappa shape index (κ3) is 10.7. The summed E-state index contributed by atoms with van der Waals surface area (Å²) in [7, 11) is -3.87. The molecule has 14 heteroatoms. The number of amides is 2. The first-order valence-corrected chi connectivity index (χ1v) is 18.3. The number of carbonyl (C=O) groups is 4. The lowest BCUT2D eigenvalue weighted by Gasteiger charge is -2.31. The van der Waals surface area contributed by atoms with E-state index in [0.717, 1.165) is 11.2 Å². The van der Waals surface area contributed by atoms with Crippen molar-refractivity contribution < 1.29 is 41.9 Å². The van der Waals surface area contributed by atoms with Gasteiger partial charge in [0.15, 0.2) is 15.5 Å². The maximum Gasteiger partial charge on any atom is 0.330 e. The number of allylic oxidation sites excluding steroid dienone is 2. The molecule has 0 aromatic carbocycles. The molecule has 1 saturated heterocycles. The van der Waals surface area contributed by atoms with E-state index >= 15 is 0 Å². The van der Waals surface area contributed by atoms with Crippen molar-refractivity contribution in [2.45, 2.75) is 84.3 Å². The number of Topliss-reactive ketones (excluding diaryl/α,β-unsaturated/α-hetero) is 1. The van der Waals surface area contributed by atoms with Gasteiger partial charge in [0.1, 0.15) is 24.2 Å². The Bertz CT molecular complexity index is 1490. The topological polar surface area (TPSA) is 176 Å².